The highest BCUT2D eigenvalue weighted by Gasteiger charge is 2.04. The van der Waals surface area contributed by atoms with Gasteiger partial charge in [0.2, 0.25) is 0 Å². The molecule has 0 saturated heterocycles. The molecule has 2 rings (SSSR count). The molecular formula is C10H9FN2O. The molecule has 0 spiro atoms. The van der Waals surface area contributed by atoms with Crippen molar-refractivity contribution in [2.75, 3.05) is 0 Å². The van der Waals surface area contributed by atoms with E-state index in [2.05, 4.69) is 9.97 Å². The smallest absolute Gasteiger partial charge is 0.299 e. The topological polar surface area (TPSA) is 37.9 Å². The van der Waals surface area contributed by atoms with Gasteiger partial charge in [0, 0.05) is 5.69 Å². The van der Waals surface area contributed by atoms with Crippen molar-refractivity contribution in [3.63, 3.8) is 0 Å². The maximum absolute atomic E-state index is 13.1. The molecule has 72 valence electrons. The van der Waals surface area contributed by atoms with Gasteiger partial charge in [-0.05, 0) is 19.1 Å². The number of nitrogens with zero attached hydrogens (tertiary/aromatic N) is 1. The van der Waals surface area contributed by atoms with E-state index < -0.39 is 5.82 Å². The number of aryl methyl sites for hydroxylation is 1. The summed E-state index contributed by atoms with van der Waals surface area (Å²) < 4.78 is 18.3. The summed E-state index contributed by atoms with van der Waals surface area (Å²) in [6, 6.07) is 6.50. The third-order valence-corrected chi connectivity index (χ3v) is 1.72. The van der Waals surface area contributed by atoms with Crippen LogP contribution in [0.15, 0.2) is 30.5 Å². The van der Waals surface area contributed by atoms with Crippen molar-refractivity contribution in [1.82, 2.24) is 9.97 Å². The number of aromatic nitrogens is 2. The summed E-state index contributed by atoms with van der Waals surface area (Å²) in [7, 11) is 0. The lowest BCUT2D eigenvalue weighted by atomic mass is 10.3. The molecule has 0 atom stereocenters. The van der Waals surface area contributed by atoms with Crippen LogP contribution in [0.25, 0.3) is 0 Å². The van der Waals surface area contributed by atoms with E-state index in [9.17, 15) is 4.39 Å². The van der Waals surface area contributed by atoms with Gasteiger partial charge >= 0.3 is 0 Å². The summed E-state index contributed by atoms with van der Waals surface area (Å²) in [6.45, 7) is 1.85. The first kappa shape index (κ1) is 8.74. The van der Waals surface area contributed by atoms with Crippen molar-refractivity contribution in [2.24, 2.45) is 0 Å². The first-order valence-electron chi connectivity index (χ1n) is 4.20. The molecule has 0 saturated carbocycles. The Balaban J connectivity index is 2.23. The number of halogens is 1. The number of H-pyrrole nitrogens is 1. The normalized spacial score (nSPS) is 10.1. The fraction of sp³-hybridized carbons (Fsp3) is 0.100. The van der Waals surface area contributed by atoms with Crippen LogP contribution in [0.4, 0.5) is 4.39 Å². The first-order valence-corrected chi connectivity index (χ1v) is 4.20. The van der Waals surface area contributed by atoms with E-state index in [4.69, 9.17) is 4.74 Å². The molecule has 1 aromatic heterocycles. The minimum Gasteiger partial charge on any atom is -0.423 e. The molecule has 0 aliphatic carbocycles. The van der Waals surface area contributed by atoms with Crippen LogP contribution in [0.5, 0.6) is 11.8 Å². The summed E-state index contributed by atoms with van der Waals surface area (Å²) in [4.78, 5) is 6.76. The number of nitrogens with one attached hydrogen (secondary N) is 1. The van der Waals surface area contributed by atoms with E-state index in [-0.39, 0.29) is 5.75 Å². The Morgan fingerprint density at radius 1 is 1.36 bits per heavy atom. The van der Waals surface area contributed by atoms with Crippen molar-refractivity contribution in [2.45, 2.75) is 6.92 Å². The lowest BCUT2D eigenvalue weighted by Crippen LogP contribution is -1.89. The Morgan fingerprint density at radius 3 is 2.79 bits per heavy atom. The van der Waals surface area contributed by atoms with Gasteiger partial charge in [-0.15, -0.1) is 0 Å². The number of aromatic amines is 1. The summed E-state index contributed by atoms with van der Waals surface area (Å²) in [6.07, 6.45) is 1.62. The largest absolute Gasteiger partial charge is 0.423 e. The standard InChI is InChI=1S/C10H9FN2O/c1-7-6-12-10(13-7)14-9-5-3-2-4-8(9)11/h2-6H,1H3,(H,12,13). The highest BCUT2D eigenvalue weighted by Crippen LogP contribution is 2.21. The molecular weight excluding hydrogens is 183 g/mol. The summed E-state index contributed by atoms with van der Waals surface area (Å²) >= 11 is 0. The van der Waals surface area contributed by atoms with Gasteiger partial charge in [-0.25, -0.2) is 9.37 Å². The van der Waals surface area contributed by atoms with E-state index in [0.29, 0.717) is 6.01 Å². The van der Waals surface area contributed by atoms with E-state index in [1.807, 2.05) is 6.92 Å². The number of para-hydroxylation sites is 1. The Kier molecular flexibility index (Phi) is 2.18. The van der Waals surface area contributed by atoms with Crippen molar-refractivity contribution >= 4 is 0 Å². The number of hydrogen-bond acceptors (Lipinski definition) is 2. The molecule has 1 heterocycles. The van der Waals surface area contributed by atoms with Crippen LogP contribution in [-0.2, 0) is 0 Å². The lowest BCUT2D eigenvalue weighted by Gasteiger charge is -2.01. The van der Waals surface area contributed by atoms with Crippen LogP contribution in [0.1, 0.15) is 5.69 Å². The molecule has 14 heavy (non-hydrogen) atoms. The molecule has 0 aliphatic rings. The Bertz CT molecular complexity index is 439. The lowest BCUT2D eigenvalue weighted by molar-refractivity contribution is 0.415. The minimum absolute atomic E-state index is 0.168. The highest BCUT2D eigenvalue weighted by atomic mass is 19.1. The van der Waals surface area contributed by atoms with Crippen LogP contribution in [0.3, 0.4) is 0 Å². The highest BCUT2D eigenvalue weighted by molar-refractivity contribution is 5.26. The van der Waals surface area contributed by atoms with Crippen molar-refractivity contribution in [3.05, 3.63) is 42.0 Å². The van der Waals surface area contributed by atoms with Gasteiger partial charge in [-0.3, -0.25) is 0 Å². The zero-order valence-corrected chi connectivity index (χ0v) is 7.62. The van der Waals surface area contributed by atoms with Gasteiger partial charge in [0.15, 0.2) is 11.6 Å². The number of rotatable bonds is 2. The van der Waals surface area contributed by atoms with E-state index in [0.717, 1.165) is 5.69 Å². The summed E-state index contributed by atoms with van der Waals surface area (Å²) in [5.41, 5.74) is 0.872. The maximum atomic E-state index is 13.1. The van der Waals surface area contributed by atoms with Crippen LogP contribution < -0.4 is 4.74 Å². The van der Waals surface area contributed by atoms with Crippen LogP contribution in [0, 0.1) is 12.7 Å². The van der Waals surface area contributed by atoms with Gasteiger partial charge < -0.3 is 9.72 Å². The molecule has 0 amide bonds. The predicted molar refractivity (Wildman–Crippen MR) is 49.8 cm³/mol. The fourth-order valence-corrected chi connectivity index (χ4v) is 1.07. The molecule has 0 radical (unpaired) electrons. The van der Waals surface area contributed by atoms with E-state index in [1.54, 1.807) is 24.4 Å². The summed E-state index contributed by atoms with van der Waals surface area (Å²) in [5, 5.41) is 0. The Hall–Kier alpha value is -1.84. The summed E-state index contributed by atoms with van der Waals surface area (Å²) in [5.74, 6) is -0.233. The number of imidazole rings is 1. The quantitative estimate of drug-likeness (QED) is 0.794. The molecule has 3 nitrogen and oxygen atoms in total. The molecule has 0 aliphatic heterocycles. The second kappa shape index (κ2) is 3.49. The maximum Gasteiger partial charge on any atom is 0.299 e. The molecule has 1 N–H and O–H groups in total. The first-order chi connectivity index (χ1) is 6.75. The molecule has 0 unspecified atom stereocenters. The average Bonchev–Trinajstić information content (AvgIpc) is 2.56. The van der Waals surface area contributed by atoms with Crippen LogP contribution in [-0.4, -0.2) is 9.97 Å². The Labute approximate surface area is 80.6 Å². The van der Waals surface area contributed by atoms with E-state index in [1.165, 1.54) is 6.07 Å². The van der Waals surface area contributed by atoms with Crippen LogP contribution >= 0.6 is 0 Å². The van der Waals surface area contributed by atoms with Crippen LogP contribution in [0.2, 0.25) is 0 Å². The monoisotopic (exact) mass is 192 g/mol. The van der Waals surface area contributed by atoms with E-state index >= 15 is 0 Å². The minimum atomic E-state index is -0.401. The number of ether oxygens (including phenoxy) is 1. The van der Waals surface area contributed by atoms with Gasteiger partial charge in [0.1, 0.15) is 0 Å². The van der Waals surface area contributed by atoms with Gasteiger partial charge in [0.25, 0.3) is 6.01 Å². The van der Waals surface area contributed by atoms with Gasteiger partial charge in [-0.1, -0.05) is 12.1 Å². The number of hydrogen-bond donors (Lipinski definition) is 1. The zero-order chi connectivity index (χ0) is 9.97. The van der Waals surface area contributed by atoms with Crippen molar-refractivity contribution in [1.29, 1.82) is 0 Å². The predicted octanol–water partition coefficient (Wildman–Crippen LogP) is 2.65. The molecule has 2 aromatic rings. The third-order valence-electron chi connectivity index (χ3n) is 1.72. The Morgan fingerprint density at radius 2 is 2.14 bits per heavy atom. The molecule has 0 bridgehead atoms. The molecule has 1 aromatic carbocycles. The molecule has 0 fully saturated rings. The third kappa shape index (κ3) is 1.74. The van der Waals surface area contributed by atoms with Gasteiger partial charge in [-0.2, -0.15) is 0 Å². The second-order valence-electron chi connectivity index (χ2n) is 2.90. The second-order valence-corrected chi connectivity index (χ2v) is 2.90. The fourth-order valence-electron chi connectivity index (χ4n) is 1.07. The zero-order valence-electron chi connectivity index (χ0n) is 7.62. The van der Waals surface area contributed by atoms with Crippen molar-refractivity contribution < 1.29 is 9.13 Å². The van der Waals surface area contributed by atoms with Crippen molar-refractivity contribution in [3.8, 4) is 11.8 Å². The molecule has 4 heteroatoms. The number of benzene rings is 1. The SMILES string of the molecule is Cc1cnc(Oc2ccccc2F)[nH]1. The average molecular weight is 192 g/mol. The van der Waals surface area contributed by atoms with Gasteiger partial charge in [0.05, 0.1) is 6.20 Å².